The summed E-state index contributed by atoms with van der Waals surface area (Å²) in [4.78, 5) is 25.1. The van der Waals surface area contributed by atoms with Crippen LogP contribution < -0.4 is 5.32 Å². The van der Waals surface area contributed by atoms with Gasteiger partial charge in [0, 0.05) is 13.0 Å². The lowest BCUT2D eigenvalue weighted by molar-refractivity contribution is -0.143. The Bertz CT molecular complexity index is 288. The number of aliphatic carboxylic acids is 1. The third-order valence-corrected chi connectivity index (χ3v) is 3.65. The van der Waals surface area contributed by atoms with Crippen LogP contribution in [0.3, 0.4) is 0 Å². The number of carboxylic acids is 1. The van der Waals surface area contributed by atoms with Crippen LogP contribution in [0.4, 0.5) is 0 Å². The van der Waals surface area contributed by atoms with Crippen LogP contribution >= 0.6 is 0 Å². The Balaban J connectivity index is 2.33. The Morgan fingerprint density at radius 2 is 1.94 bits per heavy atom. The minimum atomic E-state index is -0.945. The molecule has 5 nitrogen and oxygen atoms in total. The Morgan fingerprint density at radius 1 is 1.33 bits per heavy atom. The van der Waals surface area contributed by atoms with Gasteiger partial charge < -0.3 is 15.3 Å². The molecule has 2 N–H and O–H groups in total. The molecule has 18 heavy (non-hydrogen) atoms. The van der Waals surface area contributed by atoms with Crippen LogP contribution in [0.15, 0.2) is 0 Å². The first-order chi connectivity index (χ1) is 8.54. The number of nitrogens with zero attached hydrogens (tertiary/aromatic N) is 1. The normalized spacial score (nSPS) is 19.4. The molecule has 0 saturated carbocycles. The van der Waals surface area contributed by atoms with Gasteiger partial charge in [0.2, 0.25) is 5.91 Å². The predicted molar refractivity (Wildman–Crippen MR) is 69.3 cm³/mol. The maximum Gasteiger partial charge on any atom is 0.326 e. The van der Waals surface area contributed by atoms with Gasteiger partial charge >= 0.3 is 5.97 Å². The molecule has 0 aromatic heterocycles. The standard InChI is InChI=1S/C13H24N2O3/c1-3-10(2)12(13(17)18)14-11(16)6-9-15-7-4-5-8-15/h10,12H,3-9H2,1-2H3,(H,14,16)(H,17,18). The molecule has 1 saturated heterocycles. The zero-order valence-electron chi connectivity index (χ0n) is 11.3. The number of carbonyl (C=O) groups is 2. The highest BCUT2D eigenvalue weighted by Crippen LogP contribution is 2.09. The van der Waals surface area contributed by atoms with Gasteiger partial charge in [0.05, 0.1) is 0 Å². The van der Waals surface area contributed by atoms with E-state index in [1.165, 1.54) is 12.8 Å². The van der Waals surface area contributed by atoms with Gasteiger partial charge in [0.1, 0.15) is 6.04 Å². The highest BCUT2D eigenvalue weighted by molar-refractivity contribution is 5.83. The number of carbonyl (C=O) groups excluding carboxylic acids is 1. The molecular formula is C13H24N2O3. The predicted octanol–water partition coefficient (Wildman–Crippen LogP) is 1.09. The smallest absolute Gasteiger partial charge is 0.326 e. The van der Waals surface area contributed by atoms with E-state index in [-0.39, 0.29) is 11.8 Å². The molecule has 5 heteroatoms. The average molecular weight is 256 g/mol. The summed E-state index contributed by atoms with van der Waals surface area (Å²) in [6, 6.07) is -0.763. The summed E-state index contributed by atoms with van der Waals surface area (Å²) in [5, 5.41) is 11.7. The lowest BCUT2D eigenvalue weighted by atomic mass is 9.99. The Hall–Kier alpha value is -1.10. The maximum atomic E-state index is 11.7. The van der Waals surface area contributed by atoms with E-state index in [2.05, 4.69) is 10.2 Å². The quantitative estimate of drug-likeness (QED) is 0.715. The van der Waals surface area contributed by atoms with E-state index in [0.29, 0.717) is 6.42 Å². The minimum Gasteiger partial charge on any atom is -0.480 e. The van der Waals surface area contributed by atoms with Crippen molar-refractivity contribution in [2.75, 3.05) is 19.6 Å². The van der Waals surface area contributed by atoms with Crippen molar-refractivity contribution >= 4 is 11.9 Å². The molecule has 1 amide bonds. The molecule has 0 bridgehead atoms. The molecule has 0 spiro atoms. The fourth-order valence-corrected chi connectivity index (χ4v) is 2.19. The molecular weight excluding hydrogens is 232 g/mol. The van der Waals surface area contributed by atoms with Crippen molar-refractivity contribution in [2.24, 2.45) is 5.92 Å². The second-order valence-corrected chi connectivity index (χ2v) is 5.07. The van der Waals surface area contributed by atoms with Crippen molar-refractivity contribution in [1.29, 1.82) is 0 Å². The van der Waals surface area contributed by atoms with Crippen molar-refractivity contribution < 1.29 is 14.7 Å². The molecule has 2 unspecified atom stereocenters. The summed E-state index contributed by atoms with van der Waals surface area (Å²) in [6.45, 7) is 6.62. The summed E-state index contributed by atoms with van der Waals surface area (Å²) < 4.78 is 0. The molecule has 0 aliphatic carbocycles. The SMILES string of the molecule is CCC(C)C(NC(=O)CCN1CCCC1)C(=O)O. The van der Waals surface area contributed by atoms with Crippen molar-refractivity contribution in [3.05, 3.63) is 0 Å². The van der Waals surface area contributed by atoms with Crippen molar-refractivity contribution in [1.82, 2.24) is 10.2 Å². The van der Waals surface area contributed by atoms with E-state index in [9.17, 15) is 9.59 Å². The lowest BCUT2D eigenvalue weighted by Crippen LogP contribution is -2.45. The van der Waals surface area contributed by atoms with Crippen LogP contribution in [-0.2, 0) is 9.59 Å². The van der Waals surface area contributed by atoms with Crippen LogP contribution in [0.5, 0.6) is 0 Å². The Morgan fingerprint density at radius 3 is 2.44 bits per heavy atom. The summed E-state index contributed by atoms with van der Waals surface area (Å²) in [7, 11) is 0. The monoisotopic (exact) mass is 256 g/mol. The Labute approximate surface area is 109 Å². The molecule has 1 fully saturated rings. The fourth-order valence-electron chi connectivity index (χ4n) is 2.19. The number of likely N-dealkylation sites (tertiary alicyclic amines) is 1. The largest absolute Gasteiger partial charge is 0.480 e. The third kappa shape index (κ3) is 4.64. The fraction of sp³-hybridized carbons (Fsp3) is 0.846. The lowest BCUT2D eigenvalue weighted by Gasteiger charge is -2.21. The summed E-state index contributed by atoms with van der Waals surface area (Å²) >= 11 is 0. The van der Waals surface area contributed by atoms with Gasteiger partial charge in [-0.1, -0.05) is 20.3 Å². The zero-order valence-corrected chi connectivity index (χ0v) is 11.3. The number of rotatable bonds is 7. The summed E-state index contributed by atoms with van der Waals surface area (Å²) in [6.07, 6.45) is 3.53. The molecule has 0 aromatic rings. The van der Waals surface area contributed by atoms with Crippen LogP contribution in [0, 0.1) is 5.92 Å². The molecule has 0 aromatic carbocycles. The van der Waals surface area contributed by atoms with Gasteiger partial charge in [-0.2, -0.15) is 0 Å². The van der Waals surface area contributed by atoms with E-state index in [4.69, 9.17) is 5.11 Å². The molecule has 1 aliphatic heterocycles. The molecule has 2 atom stereocenters. The first-order valence-corrected chi connectivity index (χ1v) is 6.79. The van der Waals surface area contributed by atoms with Crippen LogP contribution in [0.25, 0.3) is 0 Å². The number of nitrogens with one attached hydrogen (secondary N) is 1. The molecule has 1 rings (SSSR count). The highest BCUT2D eigenvalue weighted by atomic mass is 16.4. The maximum absolute atomic E-state index is 11.7. The average Bonchev–Trinajstić information content (AvgIpc) is 2.85. The Kier molecular flexibility index (Phi) is 6.12. The molecule has 1 aliphatic rings. The number of carboxylic acid groups (broad SMARTS) is 1. The molecule has 104 valence electrons. The second kappa shape index (κ2) is 7.36. The summed E-state index contributed by atoms with van der Waals surface area (Å²) in [5.74, 6) is -1.15. The zero-order chi connectivity index (χ0) is 13.5. The number of hydrogen-bond donors (Lipinski definition) is 2. The van der Waals surface area contributed by atoms with E-state index in [1.54, 1.807) is 0 Å². The van der Waals surface area contributed by atoms with E-state index in [1.807, 2.05) is 13.8 Å². The van der Waals surface area contributed by atoms with Gasteiger partial charge in [-0.05, 0) is 31.8 Å². The first-order valence-electron chi connectivity index (χ1n) is 6.79. The summed E-state index contributed by atoms with van der Waals surface area (Å²) in [5.41, 5.74) is 0. The van der Waals surface area contributed by atoms with Gasteiger partial charge in [-0.15, -0.1) is 0 Å². The number of amides is 1. The topological polar surface area (TPSA) is 69.6 Å². The van der Waals surface area contributed by atoms with Crippen LogP contribution in [-0.4, -0.2) is 47.6 Å². The van der Waals surface area contributed by atoms with Crippen LogP contribution in [0.2, 0.25) is 0 Å². The third-order valence-electron chi connectivity index (χ3n) is 3.65. The second-order valence-electron chi connectivity index (χ2n) is 5.07. The first kappa shape index (κ1) is 15.0. The highest BCUT2D eigenvalue weighted by Gasteiger charge is 2.25. The van der Waals surface area contributed by atoms with E-state index < -0.39 is 12.0 Å². The van der Waals surface area contributed by atoms with Gasteiger partial charge in [-0.25, -0.2) is 4.79 Å². The van der Waals surface area contributed by atoms with Crippen molar-refractivity contribution in [3.63, 3.8) is 0 Å². The van der Waals surface area contributed by atoms with Crippen molar-refractivity contribution in [3.8, 4) is 0 Å². The van der Waals surface area contributed by atoms with Gasteiger partial charge in [0.15, 0.2) is 0 Å². The van der Waals surface area contributed by atoms with Gasteiger partial charge in [-0.3, -0.25) is 4.79 Å². The van der Waals surface area contributed by atoms with Gasteiger partial charge in [0.25, 0.3) is 0 Å². The van der Waals surface area contributed by atoms with Crippen LogP contribution in [0.1, 0.15) is 39.5 Å². The molecule has 1 heterocycles. The minimum absolute atomic E-state index is 0.0433. The number of hydrogen-bond acceptors (Lipinski definition) is 3. The molecule has 0 radical (unpaired) electrons. The van der Waals surface area contributed by atoms with Crippen molar-refractivity contribution in [2.45, 2.75) is 45.6 Å². The van der Waals surface area contributed by atoms with E-state index >= 15 is 0 Å². The van der Waals surface area contributed by atoms with E-state index in [0.717, 1.165) is 26.1 Å².